The average molecular weight is 475 g/mol. The largest absolute Gasteiger partial charge is 0.508 e. The van der Waals surface area contributed by atoms with E-state index in [-0.39, 0.29) is 0 Å². The van der Waals surface area contributed by atoms with Crippen LogP contribution < -0.4 is 0 Å². The maximum Gasteiger partial charge on any atom is 0.115 e. The number of para-hydroxylation sites is 1. The van der Waals surface area contributed by atoms with Crippen LogP contribution >= 0.6 is 0 Å². The van der Waals surface area contributed by atoms with Gasteiger partial charge in [0.1, 0.15) is 5.75 Å². The lowest BCUT2D eigenvalue weighted by atomic mass is 9.88. The molecule has 0 aliphatic heterocycles. The van der Waals surface area contributed by atoms with Gasteiger partial charge in [0.25, 0.3) is 0 Å². The molecule has 0 saturated heterocycles. The second-order valence-electron chi connectivity index (χ2n) is 9.10. The van der Waals surface area contributed by atoms with Crippen LogP contribution in [0.3, 0.4) is 0 Å². The van der Waals surface area contributed by atoms with E-state index in [0.717, 1.165) is 5.92 Å². The van der Waals surface area contributed by atoms with E-state index in [1.54, 1.807) is 24.3 Å². The van der Waals surface area contributed by atoms with Crippen LogP contribution in [0.5, 0.6) is 5.75 Å². The van der Waals surface area contributed by atoms with Gasteiger partial charge in [-0.2, -0.15) is 0 Å². The molecule has 1 nitrogen and oxygen atoms in total. The normalized spacial score (nSPS) is 14.7. The number of phenols is 1. The average Bonchev–Trinajstić information content (AvgIpc) is 2.98. The van der Waals surface area contributed by atoms with Crippen molar-refractivity contribution in [2.24, 2.45) is 5.92 Å². The van der Waals surface area contributed by atoms with E-state index < -0.39 is 0 Å². The summed E-state index contributed by atoms with van der Waals surface area (Å²) < 4.78 is 0. The molecule has 0 unspecified atom stereocenters. The molecule has 1 N–H and O–H groups in total. The molecule has 2 aliphatic carbocycles. The standard InChI is InChI=1S/C12H10.C8H16.C6H6O.C6H12.C2H6/c1-3-7-11(8-4-1)12-9-5-2-6-10-12;1-2-8-6-4-3-5-7-8;7-6-4-2-1-3-5-6;1-2-4-6-5-3-1;1-2/h1-10H;8H,2-7H2,1H3;1-5,7H;1-6H2;1-2H3. The first-order chi connectivity index (χ1) is 17.3. The van der Waals surface area contributed by atoms with Crippen LogP contribution in [-0.4, -0.2) is 5.11 Å². The third-order valence-electron chi connectivity index (χ3n) is 6.44. The van der Waals surface area contributed by atoms with Crippen molar-refractivity contribution in [3.63, 3.8) is 0 Å². The molecular formula is C34H50O. The fraction of sp³-hybridized carbons (Fsp3) is 0.471. The van der Waals surface area contributed by atoms with E-state index in [1.807, 2.05) is 32.0 Å². The number of benzene rings is 3. The Bertz CT molecular complexity index is 739. The van der Waals surface area contributed by atoms with E-state index in [2.05, 4.69) is 55.5 Å². The highest BCUT2D eigenvalue weighted by molar-refractivity contribution is 5.62. The summed E-state index contributed by atoms with van der Waals surface area (Å²) in [5.74, 6) is 1.41. The molecule has 3 aromatic rings. The first kappa shape index (κ1) is 30.5. The molecule has 2 fully saturated rings. The predicted octanol–water partition coefficient (Wildman–Crippen LogP) is 11.1. The van der Waals surface area contributed by atoms with Crippen molar-refractivity contribution in [1.82, 2.24) is 0 Å². The van der Waals surface area contributed by atoms with Crippen LogP contribution in [-0.2, 0) is 0 Å². The lowest BCUT2D eigenvalue weighted by Gasteiger charge is -2.18. The van der Waals surface area contributed by atoms with Crippen LogP contribution in [0.25, 0.3) is 11.1 Å². The summed E-state index contributed by atoms with van der Waals surface area (Å²) in [6.07, 6.45) is 17.9. The first-order valence-electron chi connectivity index (χ1n) is 14.1. The quantitative estimate of drug-likeness (QED) is 0.391. The Kier molecular flexibility index (Phi) is 19.1. The van der Waals surface area contributed by atoms with Gasteiger partial charge in [-0.25, -0.2) is 0 Å². The van der Waals surface area contributed by atoms with E-state index in [4.69, 9.17) is 5.11 Å². The number of rotatable bonds is 2. The van der Waals surface area contributed by atoms with Gasteiger partial charge in [0.05, 0.1) is 0 Å². The molecule has 0 atom stereocenters. The summed E-state index contributed by atoms with van der Waals surface area (Å²) in [5.41, 5.74) is 2.55. The molecule has 0 aromatic heterocycles. The van der Waals surface area contributed by atoms with Crippen LogP contribution in [0.15, 0.2) is 91.0 Å². The zero-order valence-corrected chi connectivity index (χ0v) is 22.7. The zero-order chi connectivity index (χ0) is 25.4. The third-order valence-corrected chi connectivity index (χ3v) is 6.44. The number of hydrogen-bond donors (Lipinski definition) is 1. The van der Waals surface area contributed by atoms with Crippen LogP contribution in [0, 0.1) is 5.92 Å². The van der Waals surface area contributed by atoms with E-state index in [9.17, 15) is 0 Å². The minimum absolute atomic E-state index is 0.322. The lowest BCUT2D eigenvalue weighted by molar-refractivity contribution is 0.349. The van der Waals surface area contributed by atoms with Crippen LogP contribution in [0.4, 0.5) is 0 Å². The Morgan fingerprint density at radius 1 is 0.514 bits per heavy atom. The predicted molar refractivity (Wildman–Crippen MR) is 156 cm³/mol. The van der Waals surface area contributed by atoms with E-state index in [1.165, 1.54) is 88.2 Å². The summed E-state index contributed by atoms with van der Waals surface area (Å²) in [6, 6.07) is 29.5. The highest BCUT2D eigenvalue weighted by Gasteiger charge is 2.09. The minimum atomic E-state index is 0.322. The zero-order valence-electron chi connectivity index (χ0n) is 22.7. The Balaban J connectivity index is 0.000000236. The third kappa shape index (κ3) is 15.9. The number of aromatic hydroxyl groups is 1. The number of hydrogen-bond acceptors (Lipinski definition) is 1. The van der Waals surface area contributed by atoms with Gasteiger partial charge < -0.3 is 5.11 Å². The molecule has 0 amide bonds. The molecule has 5 rings (SSSR count). The summed E-state index contributed by atoms with van der Waals surface area (Å²) >= 11 is 0. The van der Waals surface area contributed by atoms with Gasteiger partial charge in [-0.05, 0) is 29.2 Å². The second-order valence-corrected chi connectivity index (χ2v) is 9.10. The van der Waals surface area contributed by atoms with Gasteiger partial charge in [-0.1, -0.05) is 177 Å². The highest BCUT2D eigenvalue weighted by Crippen LogP contribution is 2.25. The summed E-state index contributed by atoms with van der Waals surface area (Å²) in [6.45, 7) is 6.32. The van der Waals surface area contributed by atoms with Crippen LogP contribution in [0.1, 0.15) is 97.8 Å². The fourth-order valence-corrected chi connectivity index (χ4v) is 4.35. The smallest absolute Gasteiger partial charge is 0.115 e. The van der Waals surface area contributed by atoms with Gasteiger partial charge in [-0.15, -0.1) is 0 Å². The molecule has 3 aromatic carbocycles. The Morgan fingerprint density at radius 3 is 1.09 bits per heavy atom. The Labute approximate surface area is 216 Å². The van der Waals surface area contributed by atoms with Crippen molar-refractivity contribution in [2.75, 3.05) is 0 Å². The molecule has 0 spiro atoms. The Hall–Kier alpha value is -2.54. The van der Waals surface area contributed by atoms with Crippen molar-refractivity contribution in [1.29, 1.82) is 0 Å². The maximum atomic E-state index is 8.63. The lowest BCUT2D eigenvalue weighted by Crippen LogP contribution is -2.03. The maximum absolute atomic E-state index is 8.63. The Morgan fingerprint density at radius 2 is 0.829 bits per heavy atom. The highest BCUT2D eigenvalue weighted by atomic mass is 16.3. The van der Waals surface area contributed by atoms with Crippen molar-refractivity contribution < 1.29 is 5.11 Å². The van der Waals surface area contributed by atoms with E-state index in [0.29, 0.717) is 5.75 Å². The molecule has 35 heavy (non-hydrogen) atoms. The second kappa shape index (κ2) is 22.0. The van der Waals surface area contributed by atoms with Crippen molar-refractivity contribution in [2.45, 2.75) is 97.8 Å². The molecule has 2 aliphatic rings. The van der Waals surface area contributed by atoms with Crippen molar-refractivity contribution in [3.8, 4) is 16.9 Å². The van der Waals surface area contributed by atoms with Crippen molar-refractivity contribution >= 4 is 0 Å². The van der Waals surface area contributed by atoms with Gasteiger partial charge >= 0.3 is 0 Å². The van der Waals surface area contributed by atoms with Crippen molar-refractivity contribution in [3.05, 3.63) is 91.0 Å². The van der Waals surface area contributed by atoms with Gasteiger partial charge in [-0.3, -0.25) is 0 Å². The molecule has 2 saturated carbocycles. The summed E-state index contributed by atoms with van der Waals surface area (Å²) in [5, 5.41) is 8.63. The van der Waals surface area contributed by atoms with Crippen LogP contribution in [0.2, 0.25) is 0 Å². The SMILES string of the molecule is C1CCCCC1.CC.CCC1CCCCC1.Oc1ccccc1.c1ccc(-c2ccccc2)cc1. The molecule has 192 valence electrons. The fourth-order valence-electron chi connectivity index (χ4n) is 4.35. The van der Waals surface area contributed by atoms with Gasteiger partial charge in [0.2, 0.25) is 0 Å². The van der Waals surface area contributed by atoms with Gasteiger partial charge in [0, 0.05) is 0 Å². The first-order valence-corrected chi connectivity index (χ1v) is 14.1. The summed E-state index contributed by atoms with van der Waals surface area (Å²) in [4.78, 5) is 0. The monoisotopic (exact) mass is 474 g/mol. The minimum Gasteiger partial charge on any atom is -0.508 e. The van der Waals surface area contributed by atoms with E-state index >= 15 is 0 Å². The molecule has 0 radical (unpaired) electrons. The molecule has 0 bridgehead atoms. The summed E-state index contributed by atoms with van der Waals surface area (Å²) in [7, 11) is 0. The molecular weight excluding hydrogens is 424 g/mol. The molecule has 1 heteroatoms. The molecule has 0 heterocycles. The topological polar surface area (TPSA) is 20.2 Å². The number of phenolic OH excluding ortho intramolecular Hbond substituents is 1. The van der Waals surface area contributed by atoms with Gasteiger partial charge in [0.15, 0.2) is 0 Å².